The maximum Gasteiger partial charge on any atom is 0.0472 e. The van der Waals surface area contributed by atoms with Gasteiger partial charge in [0, 0.05) is 18.7 Å². The van der Waals surface area contributed by atoms with Crippen molar-refractivity contribution in [1.29, 1.82) is 0 Å². The highest BCUT2D eigenvalue weighted by Crippen LogP contribution is 2.32. The van der Waals surface area contributed by atoms with Crippen molar-refractivity contribution in [1.82, 2.24) is 4.90 Å². The molecule has 13 heavy (non-hydrogen) atoms. The molecule has 0 radical (unpaired) electrons. The first-order chi connectivity index (χ1) is 6.10. The van der Waals surface area contributed by atoms with Gasteiger partial charge in [0.05, 0.1) is 0 Å². The van der Waals surface area contributed by atoms with Crippen molar-refractivity contribution in [2.45, 2.75) is 45.6 Å². The van der Waals surface area contributed by atoms with Crippen LogP contribution in [0.2, 0.25) is 0 Å². The summed E-state index contributed by atoms with van der Waals surface area (Å²) in [5.41, 5.74) is 0.308. The normalized spacial score (nSPS) is 28.2. The third-order valence-corrected chi connectivity index (χ3v) is 3.16. The van der Waals surface area contributed by atoms with Gasteiger partial charge in [0.1, 0.15) is 0 Å². The third kappa shape index (κ3) is 2.68. The minimum Gasteiger partial charge on any atom is -0.396 e. The molecule has 0 bridgehead atoms. The van der Waals surface area contributed by atoms with E-state index in [0.717, 1.165) is 13.0 Å². The largest absolute Gasteiger partial charge is 0.396 e. The Kier molecular flexibility index (Phi) is 3.74. The van der Waals surface area contributed by atoms with Gasteiger partial charge in [-0.05, 0) is 39.2 Å². The van der Waals surface area contributed by atoms with Crippen molar-refractivity contribution in [3.05, 3.63) is 0 Å². The second-order valence-electron chi connectivity index (χ2n) is 4.86. The highest BCUT2D eigenvalue weighted by molar-refractivity contribution is 4.92. The molecule has 1 fully saturated rings. The molecular weight excluding hydrogens is 162 g/mol. The molecule has 0 aromatic rings. The number of rotatable bonds is 4. The molecule has 1 N–H and O–H groups in total. The third-order valence-electron chi connectivity index (χ3n) is 3.16. The zero-order valence-corrected chi connectivity index (χ0v) is 9.21. The molecule has 0 saturated carbocycles. The van der Waals surface area contributed by atoms with E-state index in [4.69, 9.17) is 5.11 Å². The van der Waals surface area contributed by atoms with Gasteiger partial charge in [-0.2, -0.15) is 0 Å². The van der Waals surface area contributed by atoms with Crippen LogP contribution < -0.4 is 0 Å². The molecule has 0 amide bonds. The van der Waals surface area contributed by atoms with E-state index in [1.165, 1.54) is 19.4 Å². The summed E-state index contributed by atoms with van der Waals surface area (Å²) < 4.78 is 0. The van der Waals surface area contributed by atoms with Crippen LogP contribution in [0.5, 0.6) is 0 Å². The van der Waals surface area contributed by atoms with E-state index >= 15 is 0 Å². The molecule has 1 aliphatic rings. The summed E-state index contributed by atoms with van der Waals surface area (Å²) in [6, 6.07) is 0. The van der Waals surface area contributed by atoms with Crippen LogP contribution in [0.3, 0.4) is 0 Å². The topological polar surface area (TPSA) is 23.5 Å². The van der Waals surface area contributed by atoms with Gasteiger partial charge in [-0.1, -0.05) is 13.3 Å². The van der Waals surface area contributed by atoms with Gasteiger partial charge in [0.2, 0.25) is 0 Å². The number of nitrogens with zero attached hydrogens (tertiary/aromatic N) is 1. The summed E-state index contributed by atoms with van der Waals surface area (Å²) in [6.07, 6.45) is 3.69. The maximum atomic E-state index is 9.11. The van der Waals surface area contributed by atoms with Crippen molar-refractivity contribution in [2.75, 3.05) is 19.7 Å². The number of aliphatic hydroxyl groups is 1. The fraction of sp³-hybridized carbons (Fsp3) is 1.00. The fourth-order valence-electron chi connectivity index (χ4n) is 2.32. The molecular formula is C11H23NO. The van der Waals surface area contributed by atoms with E-state index in [2.05, 4.69) is 25.7 Å². The number of likely N-dealkylation sites (tertiary alicyclic amines) is 1. The standard InChI is InChI=1S/C11H23NO/c1-4-5-6-12-8-10(9-13)7-11(12,2)3/h10,13H,4-9H2,1-3H3. The van der Waals surface area contributed by atoms with Crippen molar-refractivity contribution in [3.63, 3.8) is 0 Å². The Morgan fingerprint density at radius 2 is 2.15 bits per heavy atom. The van der Waals surface area contributed by atoms with E-state index in [0.29, 0.717) is 18.1 Å². The highest BCUT2D eigenvalue weighted by atomic mass is 16.3. The average Bonchev–Trinajstić information content (AvgIpc) is 2.37. The molecule has 2 nitrogen and oxygen atoms in total. The second-order valence-corrected chi connectivity index (χ2v) is 4.86. The summed E-state index contributed by atoms with van der Waals surface area (Å²) in [6.45, 7) is 9.44. The zero-order chi connectivity index (χ0) is 9.90. The summed E-state index contributed by atoms with van der Waals surface area (Å²) in [5.74, 6) is 0.506. The fourth-order valence-corrected chi connectivity index (χ4v) is 2.32. The minimum absolute atomic E-state index is 0.308. The van der Waals surface area contributed by atoms with Crippen molar-refractivity contribution >= 4 is 0 Å². The number of aliphatic hydroxyl groups excluding tert-OH is 1. The van der Waals surface area contributed by atoms with Crippen LogP contribution in [-0.4, -0.2) is 35.2 Å². The Labute approximate surface area is 81.9 Å². The van der Waals surface area contributed by atoms with Crippen LogP contribution in [0.4, 0.5) is 0 Å². The number of hydrogen-bond acceptors (Lipinski definition) is 2. The molecule has 0 aromatic heterocycles. The van der Waals surface area contributed by atoms with E-state index < -0.39 is 0 Å². The minimum atomic E-state index is 0.308. The smallest absolute Gasteiger partial charge is 0.0472 e. The maximum absolute atomic E-state index is 9.11. The van der Waals surface area contributed by atoms with Crippen LogP contribution in [-0.2, 0) is 0 Å². The number of hydrogen-bond donors (Lipinski definition) is 1. The molecule has 1 atom stereocenters. The summed E-state index contributed by atoms with van der Waals surface area (Å²) in [7, 11) is 0. The first-order valence-corrected chi connectivity index (χ1v) is 5.46. The molecule has 0 spiro atoms. The first-order valence-electron chi connectivity index (χ1n) is 5.46. The van der Waals surface area contributed by atoms with E-state index in [-0.39, 0.29) is 0 Å². The Balaban J connectivity index is 2.44. The van der Waals surface area contributed by atoms with Gasteiger partial charge in [0.25, 0.3) is 0 Å². The second kappa shape index (κ2) is 4.43. The Hall–Kier alpha value is -0.0800. The average molecular weight is 185 g/mol. The van der Waals surface area contributed by atoms with Crippen molar-refractivity contribution in [3.8, 4) is 0 Å². The lowest BCUT2D eigenvalue weighted by molar-refractivity contribution is 0.170. The summed E-state index contributed by atoms with van der Waals surface area (Å²) >= 11 is 0. The molecule has 1 saturated heterocycles. The zero-order valence-electron chi connectivity index (χ0n) is 9.21. The predicted octanol–water partition coefficient (Wildman–Crippen LogP) is 1.88. The first kappa shape index (κ1) is 11.0. The molecule has 0 aliphatic carbocycles. The van der Waals surface area contributed by atoms with E-state index in [1.54, 1.807) is 0 Å². The molecule has 1 unspecified atom stereocenters. The molecule has 1 aliphatic heterocycles. The lowest BCUT2D eigenvalue weighted by atomic mass is 9.97. The number of unbranched alkanes of at least 4 members (excludes halogenated alkanes) is 1. The van der Waals surface area contributed by atoms with E-state index in [1.807, 2.05) is 0 Å². The molecule has 1 rings (SSSR count). The predicted molar refractivity (Wildman–Crippen MR) is 55.8 cm³/mol. The lowest BCUT2D eigenvalue weighted by Gasteiger charge is -2.31. The Morgan fingerprint density at radius 3 is 2.62 bits per heavy atom. The van der Waals surface area contributed by atoms with Gasteiger partial charge in [-0.25, -0.2) is 0 Å². The van der Waals surface area contributed by atoms with Crippen molar-refractivity contribution in [2.24, 2.45) is 5.92 Å². The quantitative estimate of drug-likeness (QED) is 0.723. The summed E-state index contributed by atoms with van der Waals surface area (Å²) in [4.78, 5) is 2.53. The van der Waals surface area contributed by atoms with Crippen LogP contribution in [0.25, 0.3) is 0 Å². The molecule has 1 heterocycles. The van der Waals surface area contributed by atoms with Gasteiger partial charge >= 0.3 is 0 Å². The Morgan fingerprint density at radius 1 is 1.46 bits per heavy atom. The molecule has 0 aromatic carbocycles. The SMILES string of the molecule is CCCCN1CC(CO)CC1(C)C. The van der Waals surface area contributed by atoms with Gasteiger partial charge in [-0.3, -0.25) is 4.90 Å². The Bertz CT molecular complexity index is 156. The summed E-state index contributed by atoms with van der Waals surface area (Å²) in [5, 5.41) is 9.11. The van der Waals surface area contributed by atoms with Gasteiger partial charge < -0.3 is 5.11 Å². The molecule has 78 valence electrons. The lowest BCUT2D eigenvalue weighted by Crippen LogP contribution is -2.38. The van der Waals surface area contributed by atoms with Gasteiger partial charge in [-0.15, -0.1) is 0 Å². The van der Waals surface area contributed by atoms with E-state index in [9.17, 15) is 0 Å². The monoisotopic (exact) mass is 185 g/mol. The highest BCUT2D eigenvalue weighted by Gasteiger charge is 2.36. The van der Waals surface area contributed by atoms with Crippen LogP contribution >= 0.6 is 0 Å². The van der Waals surface area contributed by atoms with Gasteiger partial charge in [0.15, 0.2) is 0 Å². The van der Waals surface area contributed by atoms with Crippen molar-refractivity contribution < 1.29 is 5.11 Å². The van der Waals surface area contributed by atoms with Crippen LogP contribution in [0.1, 0.15) is 40.0 Å². The molecule has 2 heteroatoms. The van der Waals surface area contributed by atoms with Crippen LogP contribution in [0, 0.1) is 5.92 Å². The van der Waals surface area contributed by atoms with Crippen LogP contribution in [0.15, 0.2) is 0 Å².